The van der Waals surface area contributed by atoms with Crippen molar-refractivity contribution in [1.29, 1.82) is 0 Å². The van der Waals surface area contributed by atoms with Gasteiger partial charge in [-0.25, -0.2) is 14.2 Å². The van der Waals surface area contributed by atoms with Crippen LogP contribution in [0.2, 0.25) is 18.1 Å². The maximum atomic E-state index is 14.4. The third kappa shape index (κ3) is 10.1. The summed E-state index contributed by atoms with van der Waals surface area (Å²) >= 11 is 1.31. The van der Waals surface area contributed by atoms with E-state index in [1.54, 1.807) is 12.1 Å². The van der Waals surface area contributed by atoms with Crippen LogP contribution in [0.1, 0.15) is 67.4 Å². The highest BCUT2D eigenvalue weighted by molar-refractivity contribution is 7.15. The van der Waals surface area contributed by atoms with Crippen molar-refractivity contribution in [3.05, 3.63) is 40.2 Å². The van der Waals surface area contributed by atoms with Gasteiger partial charge in [-0.15, -0.1) is 11.3 Å². The summed E-state index contributed by atoms with van der Waals surface area (Å²) in [6.45, 7) is 12.2. The number of carbonyl (C=O) groups is 2. The molecule has 0 amide bonds. The average Bonchev–Trinajstić information content (AvgIpc) is 3.25. The molecule has 2 rings (SSSR count). The Bertz CT molecular complexity index is 1200. The number of aromatic nitrogens is 1. The predicted octanol–water partition coefficient (Wildman–Crippen LogP) is 6.10. The van der Waals surface area contributed by atoms with Crippen LogP contribution in [0.3, 0.4) is 0 Å². The fraction of sp³-hybridized carbons (Fsp3) is 0.552. The number of carboxylic acid groups (broad SMARTS) is 1. The van der Waals surface area contributed by atoms with E-state index in [2.05, 4.69) is 56.0 Å². The number of anilines is 1. The molecule has 0 aliphatic carbocycles. The second-order valence-electron chi connectivity index (χ2n) is 11.4. The van der Waals surface area contributed by atoms with Gasteiger partial charge in [0.1, 0.15) is 13.5 Å². The first kappa shape index (κ1) is 32.5. The number of hydrogen-bond acceptors (Lipinski definition) is 7. The molecule has 1 aromatic heterocycles. The van der Waals surface area contributed by atoms with Gasteiger partial charge in [-0.05, 0) is 63.0 Å². The summed E-state index contributed by atoms with van der Waals surface area (Å²) in [5.41, 5.74) is 0.613. The van der Waals surface area contributed by atoms with Gasteiger partial charge in [0.2, 0.25) is 0 Å². The number of nitrogens with zero attached hydrogens (tertiary/aromatic N) is 2. The van der Waals surface area contributed by atoms with E-state index in [-0.39, 0.29) is 23.1 Å². The number of halogens is 1. The third-order valence-electron chi connectivity index (χ3n) is 6.94. The van der Waals surface area contributed by atoms with Crippen LogP contribution in [0.4, 0.5) is 9.52 Å². The molecular weight excluding hydrogens is 533 g/mol. The molecule has 1 heterocycles. The highest BCUT2D eigenvalue weighted by atomic mass is 32.1. The molecule has 2 aromatic rings. The smallest absolute Gasteiger partial charge is 0.355 e. The molecule has 0 fully saturated rings. The Hall–Kier alpha value is -2.74. The lowest BCUT2D eigenvalue weighted by atomic mass is 10.2. The van der Waals surface area contributed by atoms with Crippen molar-refractivity contribution in [2.45, 2.75) is 71.0 Å². The Morgan fingerprint density at radius 1 is 1.21 bits per heavy atom. The zero-order chi connectivity index (χ0) is 29.2. The van der Waals surface area contributed by atoms with Crippen LogP contribution >= 0.6 is 11.3 Å². The molecule has 1 aromatic carbocycles. The molecule has 0 radical (unpaired) electrons. The van der Waals surface area contributed by atoms with E-state index in [0.29, 0.717) is 53.3 Å². The molecule has 0 unspecified atom stereocenters. The van der Waals surface area contributed by atoms with E-state index >= 15 is 0 Å². The van der Waals surface area contributed by atoms with Gasteiger partial charge < -0.3 is 20.0 Å². The van der Waals surface area contributed by atoms with E-state index < -0.39 is 19.9 Å². The van der Waals surface area contributed by atoms with Gasteiger partial charge in [0.15, 0.2) is 22.4 Å². The molecule has 7 nitrogen and oxygen atoms in total. The number of unbranched alkanes of at least 4 members (excludes halogenated alkanes) is 1. The zero-order valence-electron chi connectivity index (χ0n) is 24.2. The quantitative estimate of drug-likeness (QED) is 0.160. The van der Waals surface area contributed by atoms with Gasteiger partial charge in [0.25, 0.3) is 0 Å². The Kier molecular flexibility index (Phi) is 12.1. The molecule has 0 aliphatic heterocycles. The maximum absolute atomic E-state index is 14.4. The molecule has 0 saturated carbocycles. The van der Waals surface area contributed by atoms with Gasteiger partial charge in [0.05, 0.1) is 13.2 Å². The summed E-state index contributed by atoms with van der Waals surface area (Å²) < 4.78 is 20.0. The lowest BCUT2D eigenvalue weighted by Gasteiger charge is -2.35. The van der Waals surface area contributed by atoms with Crippen LogP contribution in [-0.2, 0) is 11.2 Å². The Morgan fingerprint density at radius 2 is 1.92 bits per heavy atom. The number of rotatable bonds is 14. The molecule has 214 valence electrons. The summed E-state index contributed by atoms with van der Waals surface area (Å²) in [4.78, 5) is 31.2. The summed E-state index contributed by atoms with van der Waals surface area (Å²) in [5, 5.41) is 13.8. The molecule has 0 spiro atoms. The van der Waals surface area contributed by atoms with E-state index in [1.165, 1.54) is 17.4 Å². The molecule has 0 saturated heterocycles. The Morgan fingerprint density at radius 3 is 2.54 bits per heavy atom. The van der Waals surface area contributed by atoms with Crippen LogP contribution in [0.25, 0.3) is 0 Å². The van der Waals surface area contributed by atoms with Gasteiger partial charge in [-0.3, -0.25) is 4.90 Å². The van der Waals surface area contributed by atoms with Crippen molar-refractivity contribution < 1.29 is 23.8 Å². The van der Waals surface area contributed by atoms with Crippen molar-refractivity contribution in [2.24, 2.45) is 0 Å². The lowest BCUT2D eigenvalue weighted by molar-refractivity contribution is -0.113. The molecule has 10 heteroatoms. The number of carboxylic acids is 1. The van der Waals surface area contributed by atoms with E-state index in [9.17, 15) is 19.1 Å². The van der Waals surface area contributed by atoms with E-state index in [0.717, 1.165) is 12.8 Å². The van der Waals surface area contributed by atoms with Crippen LogP contribution in [0.5, 0.6) is 5.75 Å². The Balaban J connectivity index is 1.82. The minimum Gasteiger partial charge on any atom is -0.491 e. The third-order valence-corrected chi connectivity index (χ3v) is 13.4. The number of benzene rings is 1. The molecule has 0 bridgehead atoms. The average molecular weight is 576 g/mol. The van der Waals surface area contributed by atoms with Crippen LogP contribution in [0, 0.1) is 17.7 Å². The number of aromatic carboxylic acids is 1. The van der Waals surface area contributed by atoms with Crippen LogP contribution in [0.15, 0.2) is 18.2 Å². The number of carbonyl (C=O) groups excluding carboxylic acids is 1. The fourth-order valence-electron chi connectivity index (χ4n) is 3.51. The monoisotopic (exact) mass is 575 g/mol. The molecular formula is C29H42FN3O4SSi. The number of hydrogen-bond donors (Lipinski definition) is 2. The normalized spacial score (nSPS) is 11.7. The molecule has 0 aliphatic rings. The van der Waals surface area contributed by atoms with Gasteiger partial charge in [0, 0.05) is 23.4 Å². The SMILES string of the molecule is CN(C)CC#Cc1ccc(OCCCc2sc(NCCCCC(=O)[Si](C)(C)C(C)(C)C)nc2C(=O)O)c(F)c1. The standard InChI is InChI=1S/C29H42FN3O4SSi/c1-29(2,3)39(6,7)25(34)14-8-9-17-31-28-32-26(27(35)36)24(38-28)13-11-19-37-23-16-15-21(20-22(23)30)12-10-18-33(4)5/h15-16,20H,8-9,11,13-14,17-19H2,1-7H3,(H,31,32)(H,35,36). The summed E-state index contributed by atoms with van der Waals surface area (Å²) in [6, 6.07) is 4.63. The first-order chi connectivity index (χ1) is 18.2. The lowest BCUT2D eigenvalue weighted by Crippen LogP contribution is -2.46. The van der Waals surface area contributed by atoms with Crippen LogP contribution < -0.4 is 10.1 Å². The summed E-state index contributed by atoms with van der Waals surface area (Å²) in [5.74, 6) is 4.48. The van der Waals surface area contributed by atoms with Gasteiger partial charge >= 0.3 is 5.97 Å². The van der Waals surface area contributed by atoms with Crippen molar-refractivity contribution in [3.63, 3.8) is 0 Å². The van der Waals surface area contributed by atoms with Gasteiger partial charge in [-0.1, -0.05) is 45.7 Å². The number of thiazole rings is 1. The number of aryl methyl sites for hydroxylation is 1. The van der Waals surface area contributed by atoms with Gasteiger partial charge in [-0.2, -0.15) is 0 Å². The maximum Gasteiger partial charge on any atom is 0.355 e. The first-order valence-electron chi connectivity index (χ1n) is 13.3. The summed E-state index contributed by atoms with van der Waals surface area (Å²) in [7, 11) is 1.85. The Labute approximate surface area is 237 Å². The van der Waals surface area contributed by atoms with Crippen molar-refractivity contribution >= 4 is 35.9 Å². The second-order valence-corrected chi connectivity index (χ2v) is 17.8. The van der Waals surface area contributed by atoms with Crippen molar-refractivity contribution in [3.8, 4) is 17.6 Å². The predicted molar refractivity (Wildman–Crippen MR) is 159 cm³/mol. The number of ether oxygens (including phenoxy) is 1. The first-order valence-corrected chi connectivity index (χ1v) is 17.1. The topological polar surface area (TPSA) is 91.8 Å². The zero-order valence-corrected chi connectivity index (χ0v) is 26.1. The van der Waals surface area contributed by atoms with Crippen molar-refractivity contribution in [1.82, 2.24) is 9.88 Å². The van der Waals surface area contributed by atoms with Crippen LogP contribution in [-0.4, -0.2) is 68.2 Å². The second kappa shape index (κ2) is 14.6. The van der Waals surface area contributed by atoms with E-state index in [1.807, 2.05) is 19.0 Å². The molecule has 0 atom stereocenters. The largest absolute Gasteiger partial charge is 0.491 e. The highest BCUT2D eigenvalue weighted by Crippen LogP contribution is 2.37. The highest BCUT2D eigenvalue weighted by Gasteiger charge is 2.41. The fourth-order valence-corrected chi connectivity index (χ4v) is 6.17. The van der Waals surface area contributed by atoms with E-state index in [4.69, 9.17) is 4.74 Å². The van der Waals surface area contributed by atoms with Crippen molar-refractivity contribution in [2.75, 3.05) is 39.1 Å². The summed E-state index contributed by atoms with van der Waals surface area (Å²) in [6.07, 6.45) is 3.14. The molecule has 2 N–H and O–H groups in total. The molecule has 39 heavy (non-hydrogen) atoms. The number of nitrogens with one attached hydrogen (secondary N) is 1. The minimum atomic E-state index is -1.97. The minimum absolute atomic E-state index is 0.0300.